The highest BCUT2D eigenvalue weighted by Gasteiger charge is 2.09. The largest absolute Gasteiger partial charge is 0.497 e. The van der Waals surface area contributed by atoms with Gasteiger partial charge < -0.3 is 19.9 Å². The quantitative estimate of drug-likeness (QED) is 0.566. The van der Waals surface area contributed by atoms with Crippen LogP contribution in [-0.4, -0.2) is 44.0 Å². The molecular weight excluding hydrogens is 254 g/mol. The van der Waals surface area contributed by atoms with E-state index in [4.69, 9.17) is 19.9 Å². The molecule has 2 N–H and O–H groups in total. The third kappa shape index (κ3) is 4.64. The summed E-state index contributed by atoms with van der Waals surface area (Å²) in [5, 5.41) is 0. The minimum atomic E-state index is -1.18. The van der Waals surface area contributed by atoms with Gasteiger partial charge in [0, 0.05) is 12.8 Å². The first-order valence-corrected chi connectivity index (χ1v) is 6.89. The summed E-state index contributed by atoms with van der Waals surface area (Å²) >= 11 is 0. The van der Waals surface area contributed by atoms with E-state index >= 15 is 0 Å². The SMILES string of the molecule is COCCOCCS(=O)c1cc(OC)ccc1N. The van der Waals surface area contributed by atoms with Gasteiger partial charge in [0.25, 0.3) is 0 Å². The number of rotatable bonds is 8. The molecule has 0 aliphatic heterocycles. The molecule has 1 atom stereocenters. The molecule has 0 saturated carbocycles. The normalized spacial score (nSPS) is 12.3. The number of nitrogen functional groups attached to an aromatic ring is 1. The van der Waals surface area contributed by atoms with Crippen molar-refractivity contribution in [1.82, 2.24) is 0 Å². The first-order valence-electron chi connectivity index (χ1n) is 5.57. The van der Waals surface area contributed by atoms with Crippen LogP contribution in [0.5, 0.6) is 5.75 Å². The molecule has 0 bridgehead atoms. The number of anilines is 1. The maximum absolute atomic E-state index is 12.0. The zero-order valence-corrected chi connectivity index (χ0v) is 11.5. The highest BCUT2D eigenvalue weighted by Crippen LogP contribution is 2.22. The lowest BCUT2D eigenvalue weighted by Gasteiger charge is -2.08. The highest BCUT2D eigenvalue weighted by atomic mass is 32.2. The Morgan fingerprint density at radius 2 is 2.00 bits per heavy atom. The van der Waals surface area contributed by atoms with Gasteiger partial charge in [-0.15, -0.1) is 0 Å². The van der Waals surface area contributed by atoms with Crippen LogP contribution in [-0.2, 0) is 20.3 Å². The second kappa shape index (κ2) is 8.07. The molecule has 102 valence electrons. The zero-order valence-electron chi connectivity index (χ0n) is 10.7. The average Bonchev–Trinajstić information content (AvgIpc) is 2.39. The van der Waals surface area contributed by atoms with Crippen LogP contribution >= 0.6 is 0 Å². The number of hydrogen-bond donors (Lipinski definition) is 1. The predicted molar refractivity (Wildman–Crippen MR) is 71.4 cm³/mol. The summed E-state index contributed by atoms with van der Waals surface area (Å²) in [5.41, 5.74) is 6.29. The van der Waals surface area contributed by atoms with Crippen LogP contribution in [0.25, 0.3) is 0 Å². The highest BCUT2D eigenvalue weighted by molar-refractivity contribution is 7.85. The van der Waals surface area contributed by atoms with Crippen molar-refractivity contribution in [2.75, 3.05) is 45.5 Å². The molecule has 0 aliphatic rings. The van der Waals surface area contributed by atoms with E-state index in [9.17, 15) is 4.21 Å². The third-order valence-corrected chi connectivity index (χ3v) is 3.69. The third-order valence-electron chi connectivity index (χ3n) is 2.31. The van der Waals surface area contributed by atoms with Crippen molar-refractivity contribution >= 4 is 16.5 Å². The average molecular weight is 273 g/mol. The lowest BCUT2D eigenvalue weighted by molar-refractivity contribution is 0.0787. The summed E-state index contributed by atoms with van der Waals surface area (Å²) in [6.07, 6.45) is 0. The fourth-order valence-electron chi connectivity index (χ4n) is 1.33. The molecule has 18 heavy (non-hydrogen) atoms. The van der Waals surface area contributed by atoms with Crippen molar-refractivity contribution < 1.29 is 18.4 Å². The van der Waals surface area contributed by atoms with Gasteiger partial charge in [-0.1, -0.05) is 0 Å². The van der Waals surface area contributed by atoms with Crippen molar-refractivity contribution in [2.45, 2.75) is 4.90 Å². The van der Waals surface area contributed by atoms with Gasteiger partial charge >= 0.3 is 0 Å². The van der Waals surface area contributed by atoms with Gasteiger partial charge in [0.05, 0.1) is 48.4 Å². The number of ether oxygens (including phenoxy) is 3. The summed E-state index contributed by atoms with van der Waals surface area (Å²) < 4.78 is 27.2. The van der Waals surface area contributed by atoms with Crippen LogP contribution in [0, 0.1) is 0 Å². The topological polar surface area (TPSA) is 70.8 Å². The Morgan fingerprint density at radius 3 is 2.67 bits per heavy atom. The Balaban J connectivity index is 2.50. The first kappa shape index (κ1) is 14.9. The number of hydrogen-bond acceptors (Lipinski definition) is 5. The molecule has 0 heterocycles. The molecule has 1 unspecified atom stereocenters. The fraction of sp³-hybridized carbons (Fsp3) is 0.500. The Morgan fingerprint density at radius 1 is 1.22 bits per heavy atom. The minimum Gasteiger partial charge on any atom is -0.497 e. The lowest BCUT2D eigenvalue weighted by atomic mass is 10.3. The van der Waals surface area contributed by atoms with Crippen molar-refractivity contribution in [2.24, 2.45) is 0 Å². The van der Waals surface area contributed by atoms with E-state index in [1.807, 2.05) is 0 Å². The van der Waals surface area contributed by atoms with Crippen LogP contribution < -0.4 is 10.5 Å². The Hall–Kier alpha value is -1.11. The summed E-state index contributed by atoms with van der Waals surface area (Å²) in [7, 11) is 1.99. The number of nitrogens with two attached hydrogens (primary N) is 1. The minimum absolute atomic E-state index is 0.404. The summed E-state index contributed by atoms with van der Waals surface area (Å²) in [4.78, 5) is 0.588. The van der Waals surface area contributed by atoms with Crippen LogP contribution in [0.1, 0.15) is 0 Å². The van der Waals surface area contributed by atoms with Crippen LogP contribution in [0.4, 0.5) is 5.69 Å². The second-order valence-corrected chi connectivity index (χ2v) is 5.10. The van der Waals surface area contributed by atoms with Crippen molar-refractivity contribution in [3.8, 4) is 5.75 Å². The van der Waals surface area contributed by atoms with Gasteiger partial charge in [0.1, 0.15) is 5.75 Å². The van der Waals surface area contributed by atoms with E-state index in [0.717, 1.165) is 0 Å². The lowest BCUT2D eigenvalue weighted by Crippen LogP contribution is -2.10. The molecule has 0 saturated heterocycles. The second-order valence-electron chi connectivity index (χ2n) is 3.56. The summed E-state index contributed by atoms with van der Waals surface area (Å²) in [5.74, 6) is 1.05. The molecule has 0 spiro atoms. The molecule has 6 heteroatoms. The van der Waals surface area contributed by atoms with Gasteiger partial charge in [-0.25, -0.2) is 0 Å². The van der Waals surface area contributed by atoms with E-state index in [0.29, 0.717) is 41.9 Å². The standard InChI is InChI=1S/C12H19NO4S/c1-15-5-6-17-7-8-18(14)12-9-10(16-2)3-4-11(12)13/h3-4,9H,5-8,13H2,1-2H3. The Kier molecular flexibility index (Phi) is 6.70. The maximum atomic E-state index is 12.0. The van der Waals surface area contributed by atoms with Gasteiger partial charge in [0.15, 0.2) is 0 Å². The molecule has 1 rings (SSSR count). The smallest absolute Gasteiger partial charge is 0.120 e. The fourth-order valence-corrected chi connectivity index (χ4v) is 2.40. The Bertz CT molecular complexity index is 398. The molecule has 1 aromatic rings. The predicted octanol–water partition coefficient (Wildman–Crippen LogP) is 1.05. The summed E-state index contributed by atoms with van der Waals surface area (Å²) in [6, 6.07) is 5.13. The Labute approximate surface area is 110 Å². The van der Waals surface area contributed by atoms with E-state index in [2.05, 4.69) is 0 Å². The van der Waals surface area contributed by atoms with Gasteiger partial charge in [-0.2, -0.15) is 0 Å². The van der Waals surface area contributed by atoms with Gasteiger partial charge in [-0.05, 0) is 18.2 Å². The van der Waals surface area contributed by atoms with Crippen LogP contribution in [0.3, 0.4) is 0 Å². The van der Waals surface area contributed by atoms with Crippen molar-refractivity contribution in [1.29, 1.82) is 0 Å². The molecule has 0 fully saturated rings. The first-order chi connectivity index (χ1) is 8.69. The maximum Gasteiger partial charge on any atom is 0.120 e. The molecule has 0 amide bonds. The zero-order chi connectivity index (χ0) is 13.4. The van der Waals surface area contributed by atoms with E-state index in [1.165, 1.54) is 0 Å². The van der Waals surface area contributed by atoms with Crippen LogP contribution in [0.2, 0.25) is 0 Å². The molecule has 1 aromatic carbocycles. The van der Waals surface area contributed by atoms with E-state index < -0.39 is 10.8 Å². The molecule has 0 aromatic heterocycles. The van der Waals surface area contributed by atoms with Gasteiger partial charge in [-0.3, -0.25) is 4.21 Å². The summed E-state index contributed by atoms with van der Waals surface area (Å²) in [6.45, 7) is 1.45. The molecule has 0 radical (unpaired) electrons. The van der Waals surface area contributed by atoms with Gasteiger partial charge in [0.2, 0.25) is 0 Å². The van der Waals surface area contributed by atoms with Crippen LogP contribution in [0.15, 0.2) is 23.1 Å². The molecular formula is C12H19NO4S. The van der Waals surface area contributed by atoms with Crippen molar-refractivity contribution in [3.05, 3.63) is 18.2 Å². The number of methoxy groups -OCH3 is 2. The van der Waals surface area contributed by atoms with Crippen molar-refractivity contribution in [3.63, 3.8) is 0 Å². The molecule has 0 aliphatic carbocycles. The molecule has 5 nitrogen and oxygen atoms in total. The number of benzene rings is 1. The van der Waals surface area contributed by atoms with E-state index in [1.54, 1.807) is 32.4 Å². The monoisotopic (exact) mass is 273 g/mol. The van der Waals surface area contributed by atoms with E-state index in [-0.39, 0.29) is 0 Å².